The number of phenolic OH excluding ortho intramolecular Hbond substituents is 1. The van der Waals surface area contributed by atoms with Crippen LogP contribution >= 0.6 is 0 Å². The lowest BCUT2D eigenvalue weighted by Crippen LogP contribution is -1.97. The molecule has 0 unspecified atom stereocenters. The van der Waals surface area contributed by atoms with Crippen molar-refractivity contribution in [1.82, 2.24) is 0 Å². The van der Waals surface area contributed by atoms with E-state index in [0.29, 0.717) is 12.4 Å². The molecule has 1 N–H and O–H groups in total. The fourth-order valence-electron chi connectivity index (χ4n) is 1.77. The molecule has 0 amide bonds. The minimum atomic E-state index is -0.0158. The van der Waals surface area contributed by atoms with Crippen molar-refractivity contribution in [2.24, 2.45) is 0 Å². The first-order chi connectivity index (χ1) is 8.77. The van der Waals surface area contributed by atoms with Crippen molar-refractivity contribution in [3.05, 3.63) is 23.8 Å². The van der Waals surface area contributed by atoms with E-state index < -0.39 is 0 Å². The molecule has 1 rings (SSSR count). The summed E-state index contributed by atoms with van der Waals surface area (Å²) in [6.07, 6.45) is 7.35. The van der Waals surface area contributed by atoms with Crippen LogP contribution in [0.25, 0.3) is 0 Å². The molecule has 0 heterocycles. The van der Waals surface area contributed by atoms with Crippen LogP contribution in [0.2, 0.25) is 0 Å². The predicted octanol–water partition coefficient (Wildman–Crippen LogP) is 4.00. The lowest BCUT2D eigenvalue weighted by atomic mass is 10.1. The van der Waals surface area contributed by atoms with Crippen molar-refractivity contribution >= 4 is 0 Å². The zero-order valence-corrected chi connectivity index (χ0v) is 11.0. The van der Waals surface area contributed by atoms with Gasteiger partial charge in [-0.2, -0.15) is 5.26 Å². The molecule has 0 radical (unpaired) electrons. The maximum absolute atomic E-state index is 9.49. The Balaban J connectivity index is 2.20. The highest BCUT2D eigenvalue weighted by molar-refractivity contribution is 5.46. The van der Waals surface area contributed by atoms with Gasteiger partial charge in [-0.15, -0.1) is 0 Å². The fraction of sp³-hybridized carbons (Fsp3) is 0.533. The first kappa shape index (κ1) is 14.4. The van der Waals surface area contributed by atoms with Gasteiger partial charge < -0.3 is 9.84 Å². The molecule has 0 aliphatic carbocycles. The zero-order chi connectivity index (χ0) is 13.2. The van der Waals surface area contributed by atoms with Crippen molar-refractivity contribution in [3.8, 4) is 17.6 Å². The Hall–Kier alpha value is -1.69. The molecule has 0 fully saturated rings. The van der Waals surface area contributed by atoms with Crippen molar-refractivity contribution in [3.63, 3.8) is 0 Å². The molecule has 18 heavy (non-hydrogen) atoms. The van der Waals surface area contributed by atoms with Gasteiger partial charge in [0.15, 0.2) is 0 Å². The van der Waals surface area contributed by atoms with E-state index in [-0.39, 0.29) is 11.3 Å². The zero-order valence-electron chi connectivity index (χ0n) is 11.0. The number of ether oxygens (including phenoxy) is 1. The maximum atomic E-state index is 9.49. The average molecular weight is 247 g/mol. The van der Waals surface area contributed by atoms with Crippen LogP contribution in [0.15, 0.2) is 18.2 Å². The summed E-state index contributed by atoms with van der Waals surface area (Å²) in [5.41, 5.74) is 0.280. The third-order valence-corrected chi connectivity index (χ3v) is 2.86. The van der Waals surface area contributed by atoms with E-state index in [2.05, 4.69) is 6.92 Å². The molecule has 0 aliphatic rings. The van der Waals surface area contributed by atoms with Gasteiger partial charge in [-0.05, 0) is 18.6 Å². The summed E-state index contributed by atoms with van der Waals surface area (Å²) < 4.78 is 5.52. The maximum Gasteiger partial charge on any atom is 0.137 e. The van der Waals surface area contributed by atoms with Crippen molar-refractivity contribution in [2.75, 3.05) is 6.61 Å². The summed E-state index contributed by atoms with van der Waals surface area (Å²) in [5, 5.41) is 18.2. The molecule has 0 bridgehead atoms. The number of hydrogen-bond donors (Lipinski definition) is 1. The molecule has 0 aromatic heterocycles. The average Bonchev–Trinajstić information content (AvgIpc) is 2.38. The summed E-state index contributed by atoms with van der Waals surface area (Å²) in [6.45, 7) is 2.87. The van der Waals surface area contributed by atoms with Crippen LogP contribution in [-0.4, -0.2) is 11.7 Å². The second-order valence-electron chi connectivity index (χ2n) is 4.41. The molecule has 1 aromatic carbocycles. The fourth-order valence-corrected chi connectivity index (χ4v) is 1.77. The van der Waals surface area contributed by atoms with Gasteiger partial charge in [-0.3, -0.25) is 0 Å². The molecule has 0 spiro atoms. The third-order valence-electron chi connectivity index (χ3n) is 2.86. The van der Waals surface area contributed by atoms with Gasteiger partial charge in [-0.25, -0.2) is 0 Å². The second-order valence-corrected chi connectivity index (χ2v) is 4.41. The Labute approximate surface area is 109 Å². The van der Waals surface area contributed by atoms with Crippen LogP contribution in [0.1, 0.15) is 51.0 Å². The number of hydrogen-bond acceptors (Lipinski definition) is 3. The first-order valence-electron chi connectivity index (χ1n) is 6.64. The molecule has 0 atom stereocenters. The molecule has 0 saturated carbocycles. The Morgan fingerprint density at radius 3 is 2.56 bits per heavy atom. The summed E-state index contributed by atoms with van der Waals surface area (Å²) in [7, 11) is 0. The Morgan fingerprint density at radius 2 is 1.89 bits per heavy atom. The van der Waals surface area contributed by atoms with Crippen LogP contribution in [0.4, 0.5) is 0 Å². The smallest absolute Gasteiger partial charge is 0.137 e. The van der Waals surface area contributed by atoms with E-state index in [1.54, 1.807) is 12.1 Å². The van der Waals surface area contributed by atoms with Gasteiger partial charge in [0.05, 0.1) is 12.2 Å². The van der Waals surface area contributed by atoms with Crippen LogP contribution in [0.3, 0.4) is 0 Å². The highest BCUT2D eigenvalue weighted by Gasteiger charge is 2.02. The molecule has 98 valence electrons. The van der Waals surface area contributed by atoms with Gasteiger partial charge in [0, 0.05) is 6.07 Å². The molecule has 1 aromatic rings. The van der Waals surface area contributed by atoms with Gasteiger partial charge in [0.2, 0.25) is 0 Å². The molecule has 3 nitrogen and oxygen atoms in total. The first-order valence-corrected chi connectivity index (χ1v) is 6.64. The lowest BCUT2D eigenvalue weighted by Gasteiger charge is -2.07. The minimum Gasteiger partial charge on any atom is -0.506 e. The highest BCUT2D eigenvalue weighted by Crippen LogP contribution is 2.22. The standard InChI is InChI=1S/C15H21NO2/c1-2-3-4-5-6-7-10-18-14-9-8-13(12-16)15(17)11-14/h8-9,11,17H,2-7,10H2,1H3. The van der Waals surface area contributed by atoms with Gasteiger partial charge >= 0.3 is 0 Å². The lowest BCUT2D eigenvalue weighted by molar-refractivity contribution is 0.302. The predicted molar refractivity (Wildman–Crippen MR) is 71.7 cm³/mol. The third kappa shape index (κ3) is 5.09. The van der Waals surface area contributed by atoms with Crippen LogP contribution in [0.5, 0.6) is 11.5 Å². The summed E-state index contributed by atoms with van der Waals surface area (Å²) in [5.74, 6) is 0.609. The van der Waals surface area contributed by atoms with Crippen LogP contribution < -0.4 is 4.74 Å². The Morgan fingerprint density at radius 1 is 1.17 bits per heavy atom. The van der Waals surface area contributed by atoms with Crippen molar-refractivity contribution in [1.29, 1.82) is 5.26 Å². The summed E-state index contributed by atoms with van der Waals surface area (Å²) in [4.78, 5) is 0. The van der Waals surface area contributed by atoms with E-state index in [9.17, 15) is 5.11 Å². The van der Waals surface area contributed by atoms with E-state index in [1.807, 2.05) is 6.07 Å². The van der Waals surface area contributed by atoms with Crippen LogP contribution in [0, 0.1) is 11.3 Å². The van der Waals surface area contributed by atoms with Crippen molar-refractivity contribution < 1.29 is 9.84 Å². The topological polar surface area (TPSA) is 53.2 Å². The summed E-state index contributed by atoms with van der Waals surface area (Å²) >= 11 is 0. The van der Waals surface area contributed by atoms with Gasteiger partial charge in [-0.1, -0.05) is 39.0 Å². The van der Waals surface area contributed by atoms with Gasteiger partial charge in [0.25, 0.3) is 0 Å². The molecule has 0 saturated heterocycles. The number of aromatic hydroxyl groups is 1. The summed E-state index contributed by atoms with van der Waals surface area (Å²) in [6, 6.07) is 6.70. The largest absolute Gasteiger partial charge is 0.506 e. The van der Waals surface area contributed by atoms with E-state index >= 15 is 0 Å². The second kappa shape index (κ2) is 8.41. The quantitative estimate of drug-likeness (QED) is 0.706. The number of benzene rings is 1. The molecular weight excluding hydrogens is 226 g/mol. The number of phenols is 1. The number of nitriles is 1. The molecule has 3 heteroatoms. The Bertz CT molecular complexity index is 396. The van der Waals surface area contributed by atoms with Gasteiger partial charge in [0.1, 0.15) is 17.6 Å². The van der Waals surface area contributed by atoms with E-state index in [0.717, 1.165) is 6.42 Å². The van der Waals surface area contributed by atoms with E-state index in [1.165, 1.54) is 38.2 Å². The number of rotatable bonds is 8. The Kier molecular flexibility index (Phi) is 6.71. The number of unbranched alkanes of at least 4 members (excludes halogenated alkanes) is 5. The number of nitrogens with zero attached hydrogens (tertiary/aromatic N) is 1. The van der Waals surface area contributed by atoms with Crippen molar-refractivity contribution in [2.45, 2.75) is 45.4 Å². The molecule has 0 aliphatic heterocycles. The van der Waals surface area contributed by atoms with Crippen LogP contribution in [-0.2, 0) is 0 Å². The monoisotopic (exact) mass is 247 g/mol. The normalized spacial score (nSPS) is 10.0. The minimum absolute atomic E-state index is 0.0158. The highest BCUT2D eigenvalue weighted by atomic mass is 16.5. The SMILES string of the molecule is CCCCCCCCOc1ccc(C#N)c(O)c1. The van der Waals surface area contributed by atoms with E-state index in [4.69, 9.17) is 10.00 Å². The molecular formula is C15H21NO2.